The minimum absolute atomic E-state index is 0.0306. The van der Waals surface area contributed by atoms with E-state index in [0.29, 0.717) is 12.3 Å². The van der Waals surface area contributed by atoms with E-state index in [0.717, 1.165) is 6.42 Å². The second kappa shape index (κ2) is 2.07. The van der Waals surface area contributed by atoms with E-state index in [1.807, 2.05) is 0 Å². The van der Waals surface area contributed by atoms with Crippen molar-refractivity contribution in [2.75, 3.05) is 0 Å². The fraction of sp³-hybridized carbons (Fsp3) is 0.667. The van der Waals surface area contributed by atoms with Crippen molar-refractivity contribution in [3.63, 3.8) is 0 Å². The Morgan fingerprint density at radius 3 is 3.00 bits per heavy atom. The number of rotatable bonds is 0. The highest BCUT2D eigenvalue weighted by atomic mass is 16.1. The summed E-state index contributed by atoms with van der Waals surface area (Å²) in [6.45, 7) is 2.07. The molecular weight excluding hydrogens is 102 g/mol. The third-order valence-electron chi connectivity index (χ3n) is 1.29. The van der Waals surface area contributed by atoms with E-state index < -0.39 is 0 Å². The van der Waals surface area contributed by atoms with Crippen LogP contribution in [0.15, 0.2) is 4.99 Å². The molecule has 44 valence electrons. The number of nitrogens with zero attached hydrogens (tertiary/aromatic N) is 1. The van der Waals surface area contributed by atoms with Crippen LogP contribution in [0.2, 0.25) is 0 Å². The largest absolute Gasteiger partial charge is 0.273 e. The van der Waals surface area contributed by atoms with Crippen LogP contribution in [0.3, 0.4) is 0 Å². The van der Waals surface area contributed by atoms with E-state index in [4.69, 9.17) is 0 Å². The lowest BCUT2D eigenvalue weighted by Crippen LogP contribution is -2.08. The molecule has 0 N–H and O–H groups in total. The zero-order valence-electron chi connectivity index (χ0n) is 4.92. The topological polar surface area (TPSA) is 29.4 Å². The molecule has 2 heteroatoms. The van der Waals surface area contributed by atoms with Crippen molar-refractivity contribution in [2.45, 2.75) is 19.8 Å². The standard InChI is InChI=1S/C6H9NO/c1-5-2-3-6(8)7-4-5/h4-5H,2-3H2,1H3/t5-/m0/s1. The van der Waals surface area contributed by atoms with E-state index in [9.17, 15) is 4.79 Å². The van der Waals surface area contributed by atoms with Crippen LogP contribution in [-0.4, -0.2) is 12.1 Å². The molecule has 0 radical (unpaired) electrons. The number of aliphatic imine (C=N–C) groups is 1. The Kier molecular flexibility index (Phi) is 1.42. The second-order valence-corrected chi connectivity index (χ2v) is 2.19. The van der Waals surface area contributed by atoms with Crippen molar-refractivity contribution in [3.05, 3.63) is 0 Å². The van der Waals surface area contributed by atoms with E-state index in [1.165, 1.54) is 0 Å². The zero-order chi connectivity index (χ0) is 5.98. The summed E-state index contributed by atoms with van der Waals surface area (Å²) in [5.74, 6) is 0.538. The average Bonchev–Trinajstić information content (AvgIpc) is 1.77. The average molecular weight is 111 g/mol. The summed E-state index contributed by atoms with van der Waals surface area (Å²) < 4.78 is 0. The van der Waals surface area contributed by atoms with Crippen molar-refractivity contribution in [1.29, 1.82) is 0 Å². The SMILES string of the molecule is C[C@@H]1C=NC(=O)CC1. The number of carbonyl (C=O) groups is 1. The van der Waals surface area contributed by atoms with Gasteiger partial charge in [-0.2, -0.15) is 0 Å². The molecular formula is C6H9NO. The van der Waals surface area contributed by atoms with Crippen LogP contribution < -0.4 is 0 Å². The van der Waals surface area contributed by atoms with Crippen molar-refractivity contribution < 1.29 is 4.79 Å². The van der Waals surface area contributed by atoms with Gasteiger partial charge in [0.05, 0.1) is 0 Å². The van der Waals surface area contributed by atoms with Crippen LogP contribution in [-0.2, 0) is 4.79 Å². The summed E-state index contributed by atoms with van der Waals surface area (Å²) in [5, 5.41) is 0. The third-order valence-corrected chi connectivity index (χ3v) is 1.29. The molecule has 2 nitrogen and oxygen atoms in total. The summed E-state index contributed by atoms with van der Waals surface area (Å²) in [6, 6.07) is 0. The van der Waals surface area contributed by atoms with Crippen LogP contribution >= 0.6 is 0 Å². The highest BCUT2D eigenvalue weighted by Gasteiger charge is 2.08. The number of hydrogen-bond acceptors (Lipinski definition) is 1. The molecule has 1 amide bonds. The van der Waals surface area contributed by atoms with Gasteiger partial charge in [-0.05, 0) is 12.3 Å². The molecule has 0 saturated carbocycles. The maximum absolute atomic E-state index is 10.4. The minimum Gasteiger partial charge on any atom is -0.273 e. The second-order valence-electron chi connectivity index (χ2n) is 2.19. The molecule has 1 atom stereocenters. The Morgan fingerprint density at radius 2 is 2.62 bits per heavy atom. The van der Waals surface area contributed by atoms with Gasteiger partial charge in [0, 0.05) is 12.6 Å². The Balaban J connectivity index is 2.55. The molecule has 1 rings (SSSR count). The van der Waals surface area contributed by atoms with Gasteiger partial charge in [-0.15, -0.1) is 0 Å². The minimum atomic E-state index is 0.0306. The first-order valence-corrected chi connectivity index (χ1v) is 2.86. The number of amides is 1. The summed E-state index contributed by atoms with van der Waals surface area (Å²) in [6.07, 6.45) is 3.34. The summed E-state index contributed by atoms with van der Waals surface area (Å²) in [5.41, 5.74) is 0. The van der Waals surface area contributed by atoms with Crippen LogP contribution in [0, 0.1) is 5.92 Å². The fourth-order valence-corrected chi connectivity index (χ4v) is 0.701. The van der Waals surface area contributed by atoms with Gasteiger partial charge in [0.1, 0.15) is 0 Å². The molecule has 8 heavy (non-hydrogen) atoms. The summed E-state index contributed by atoms with van der Waals surface area (Å²) >= 11 is 0. The molecule has 0 unspecified atom stereocenters. The predicted octanol–water partition coefficient (Wildman–Crippen LogP) is 1.01. The van der Waals surface area contributed by atoms with Crippen molar-refractivity contribution >= 4 is 12.1 Å². The first-order valence-electron chi connectivity index (χ1n) is 2.86. The zero-order valence-corrected chi connectivity index (χ0v) is 4.92. The molecule has 0 aromatic heterocycles. The molecule has 1 aliphatic heterocycles. The normalized spacial score (nSPS) is 28.6. The van der Waals surface area contributed by atoms with Crippen molar-refractivity contribution in [2.24, 2.45) is 10.9 Å². The lowest BCUT2D eigenvalue weighted by Gasteiger charge is -2.06. The molecule has 0 aromatic rings. The Hall–Kier alpha value is -0.660. The van der Waals surface area contributed by atoms with Gasteiger partial charge in [0.2, 0.25) is 5.91 Å². The molecule has 0 aliphatic carbocycles. The van der Waals surface area contributed by atoms with Gasteiger partial charge in [-0.1, -0.05) is 6.92 Å². The van der Waals surface area contributed by atoms with Crippen molar-refractivity contribution in [1.82, 2.24) is 0 Å². The molecule has 0 aromatic carbocycles. The smallest absolute Gasteiger partial charge is 0.245 e. The van der Waals surface area contributed by atoms with Gasteiger partial charge < -0.3 is 0 Å². The van der Waals surface area contributed by atoms with Gasteiger partial charge in [0.25, 0.3) is 0 Å². The van der Waals surface area contributed by atoms with Crippen molar-refractivity contribution in [3.8, 4) is 0 Å². The van der Waals surface area contributed by atoms with Crippen LogP contribution in [0.25, 0.3) is 0 Å². The Bertz CT molecular complexity index is 128. The van der Waals surface area contributed by atoms with Gasteiger partial charge in [0.15, 0.2) is 0 Å². The van der Waals surface area contributed by atoms with E-state index in [2.05, 4.69) is 11.9 Å². The van der Waals surface area contributed by atoms with Gasteiger partial charge in [-0.25, -0.2) is 4.99 Å². The Labute approximate surface area is 48.6 Å². The van der Waals surface area contributed by atoms with E-state index in [1.54, 1.807) is 6.21 Å². The first kappa shape index (κ1) is 5.48. The quantitative estimate of drug-likeness (QED) is 0.458. The van der Waals surface area contributed by atoms with Crippen LogP contribution in [0.5, 0.6) is 0 Å². The van der Waals surface area contributed by atoms with E-state index in [-0.39, 0.29) is 5.91 Å². The first-order chi connectivity index (χ1) is 3.79. The molecule has 1 heterocycles. The number of carbonyl (C=O) groups excluding carboxylic acids is 1. The Morgan fingerprint density at radius 1 is 1.88 bits per heavy atom. The predicted molar refractivity (Wildman–Crippen MR) is 31.9 cm³/mol. The summed E-state index contributed by atoms with van der Waals surface area (Å²) in [7, 11) is 0. The maximum atomic E-state index is 10.4. The lowest BCUT2D eigenvalue weighted by molar-refractivity contribution is -0.118. The fourth-order valence-electron chi connectivity index (χ4n) is 0.701. The maximum Gasteiger partial charge on any atom is 0.245 e. The monoisotopic (exact) mass is 111 g/mol. The molecule has 1 aliphatic rings. The van der Waals surface area contributed by atoms with Crippen LogP contribution in [0.1, 0.15) is 19.8 Å². The highest BCUT2D eigenvalue weighted by molar-refractivity contribution is 5.87. The van der Waals surface area contributed by atoms with Gasteiger partial charge in [-0.3, -0.25) is 4.79 Å². The molecule has 0 bridgehead atoms. The molecule has 0 fully saturated rings. The summed E-state index contributed by atoms with van der Waals surface area (Å²) in [4.78, 5) is 14.1. The van der Waals surface area contributed by atoms with E-state index >= 15 is 0 Å². The van der Waals surface area contributed by atoms with Gasteiger partial charge >= 0.3 is 0 Å². The highest BCUT2D eigenvalue weighted by Crippen LogP contribution is 2.08. The molecule has 0 saturated heterocycles. The third kappa shape index (κ3) is 1.15. The molecule has 0 spiro atoms. The van der Waals surface area contributed by atoms with Crippen LogP contribution in [0.4, 0.5) is 0 Å². The lowest BCUT2D eigenvalue weighted by atomic mass is 10.1. The number of hydrogen-bond donors (Lipinski definition) is 0.